The first-order valence-electron chi connectivity index (χ1n) is 6.80. The summed E-state index contributed by atoms with van der Waals surface area (Å²) in [5, 5.41) is 11.2. The molecular weight excluding hydrogens is 238 g/mol. The molecule has 0 spiro atoms. The molecular formula is C15H29N3O. The Hall–Kier alpha value is -0.680. The van der Waals surface area contributed by atoms with Crippen molar-refractivity contribution in [2.45, 2.75) is 5.60 Å². The van der Waals surface area contributed by atoms with Gasteiger partial charge in [0.15, 0.2) is 0 Å². The second kappa shape index (κ2) is 6.66. The Labute approximate surface area is 118 Å². The molecule has 2 atom stereocenters. The van der Waals surface area contributed by atoms with E-state index in [4.69, 9.17) is 0 Å². The molecule has 4 heteroatoms. The van der Waals surface area contributed by atoms with E-state index in [0.717, 1.165) is 18.7 Å². The minimum Gasteiger partial charge on any atom is -0.383 e. The highest BCUT2D eigenvalue weighted by atomic mass is 16.3. The zero-order valence-electron chi connectivity index (χ0n) is 13.2. The fraction of sp³-hybridized carbons (Fsp3) is 0.733. The van der Waals surface area contributed by atoms with E-state index in [-0.39, 0.29) is 5.92 Å². The summed E-state index contributed by atoms with van der Waals surface area (Å²) >= 11 is 0. The van der Waals surface area contributed by atoms with Crippen LogP contribution in [0.2, 0.25) is 0 Å². The fourth-order valence-corrected chi connectivity index (χ4v) is 2.68. The smallest absolute Gasteiger partial charge is 0.107 e. The van der Waals surface area contributed by atoms with Crippen LogP contribution < -0.4 is 0 Å². The average Bonchev–Trinajstić information content (AvgIpc) is 2.22. The molecule has 4 nitrogen and oxygen atoms in total. The molecule has 1 aliphatic rings. The van der Waals surface area contributed by atoms with E-state index in [2.05, 4.69) is 32.9 Å². The molecule has 0 saturated heterocycles. The van der Waals surface area contributed by atoms with Crippen molar-refractivity contribution in [1.82, 2.24) is 14.7 Å². The van der Waals surface area contributed by atoms with Gasteiger partial charge >= 0.3 is 0 Å². The van der Waals surface area contributed by atoms with Gasteiger partial charge in [0.25, 0.3) is 0 Å². The predicted molar refractivity (Wildman–Crippen MR) is 81.3 cm³/mol. The van der Waals surface area contributed by atoms with Gasteiger partial charge in [-0.1, -0.05) is 18.2 Å². The van der Waals surface area contributed by atoms with Gasteiger partial charge in [-0.05, 0) is 47.9 Å². The van der Waals surface area contributed by atoms with Crippen LogP contribution in [0.15, 0.2) is 23.8 Å². The maximum Gasteiger partial charge on any atom is 0.107 e. The summed E-state index contributed by atoms with van der Waals surface area (Å²) in [6.07, 6.45) is 6.27. The highest BCUT2D eigenvalue weighted by Crippen LogP contribution is 2.32. The summed E-state index contributed by atoms with van der Waals surface area (Å²) in [5.74, 6) is 0.129. The van der Waals surface area contributed by atoms with Gasteiger partial charge in [0, 0.05) is 25.6 Å². The predicted octanol–water partition coefficient (Wildman–Crippen LogP) is 0.515. The number of rotatable bonds is 6. The monoisotopic (exact) mass is 267 g/mol. The standard InChI is InChI=1S/C15H29N3O/c1-16(2)10-13-8-7-9-14(11-17(3)4)15(13,19)12-18(5)6/h7-9,13,19H,10-12H2,1-6H3. The van der Waals surface area contributed by atoms with Crippen molar-refractivity contribution in [3.63, 3.8) is 0 Å². The molecule has 0 saturated carbocycles. The van der Waals surface area contributed by atoms with Crippen molar-refractivity contribution in [3.05, 3.63) is 23.8 Å². The van der Waals surface area contributed by atoms with Crippen LogP contribution in [0.3, 0.4) is 0 Å². The normalized spacial score (nSPS) is 27.5. The molecule has 0 radical (unpaired) electrons. The molecule has 0 amide bonds. The van der Waals surface area contributed by atoms with Crippen LogP contribution in [-0.4, -0.2) is 87.3 Å². The van der Waals surface area contributed by atoms with Crippen molar-refractivity contribution in [2.24, 2.45) is 5.92 Å². The molecule has 1 N–H and O–H groups in total. The third kappa shape index (κ3) is 4.42. The van der Waals surface area contributed by atoms with Crippen LogP contribution in [0.4, 0.5) is 0 Å². The van der Waals surface area contributed by atoms with Crippen LogP contribution in [0, 0.1) is 5.92 Å². The van der Waals surface area contributed by atoms with Crippen LogP contribution in [0.1, 0.15) is 0 Å². The Morgan fingerprint density at radius 3 is 2.16 bits per heavy atom. The van der Waals surface area contributed by atoms with E-state index in [9.17, 15) is 5.11 Å². The van der Waals surface area contributed by atoms with Gasteiger partial charge in [0.1, 0.15) is 5.60 Å². The largest absolute Gasteiger partial charge is 0.383 e. The number of hydrogen-bond acceptors (Lipinski definition) is 4. The van der Waals surface area contributed by atoms with Gasteiger partial charge in [-0.25, -0.2) is 0 Å². The van der Waals surface area contributed by atoms with Gasteiger partial charge in [0.05, 0.1) is 0 Å². The first kappa shape index (κ1) is 16.4. The minimum absolute atomic E-state index is 0.129. The van der Waals surface area contributed by atoms with Crippen molar-refractivity contribution < 1.29 is 5.11 Å². The van der Waals surface area contributed by atoms with Crippen molar-refractivity contribution in [3.8, 4) is 0 Å². The van der Waals surface area contributed by atoms with Crippen LogP contribution >= 0.6 is 0 Å². The van der Waals surface area contributed by atoms with Gasteiger partial charge in [-0.2, -0.15) is 0 Å². The Morgan fingerprint density at radius 2 is 1.68 bits per heavy atom. The Morgan fingerprint density at radius 1 is 1.05 bits per heavy atom. The molecule has 0 aliphatic heterocycles. The van der Waals surface area contributed by atoms with Crippen molar-refractivity contribution >= 4 is 0 Å². The van der Waals surface area contributed by atoms with Crippen LogP contribution in [0.25, 0.3) is 0 Å². The van der Waals surface area contributed by atoms with E-state index in [1.807, 2.05) is 42.3 Å². The number of likely N-dealkylation sites (N-methyl/N-ethyl adjacent to an activating group) is 2. The van der Waals surface area contributed by atoms with E-state index < -0.39 is 5.60 Å². The molecule has 0 heterocycles. The lowest BCUT2D eigenvalue weighted by Crippen LogP contribution is -2.53. The van der Waals surface area contributed by atoms with Gasteiger partial charge in [-0.15, -0.1) is 0 Å². The molecule has 110 valence electrons. The summed E-state index contributed by atoms with van der Waals surface area (Å²) in [7, 11) is 12.2. The Kier molecular flexibility index (Phi) is 5.74. The maximum atomic E-state index is 11.2. The molecule has 2 unspecified atom stereocenters. The highest BCUT2D eigenvalue weighted by Gasteiger charge is 2.40. The summed E-state index contributed by atoms with van der Waals surface area (Å²) in [6, 6.07) is 0. The van der Waals surface area contributed by atoms with Gasteiger partial charge < -0.3 is 19.8 Å². The average molecular weight is 267 g/mol. The third-order valence-corrected chi connectivity index (χ3v) is 3.42. The molecule has 0 bridgehead atoms. The Balaban J connectivity index is 3.00. The zero-order chi connectivity index (χ0) is 14.6. The number of aliphatic hydroxyl groups is 1. The second-order valence-electron chi connectivity index (χ2n) is 6.35. The van der Waals surface area contributed by atoms with Crippen molar-refractivity contribution in [2.75, 3.05) is 61.9 Å². The van der Waals surface area contributed by atoms with E-state index >= 15 is 0 Å². The first-order valence-corrected chi connectivity index (χ1v) is 6.80. The SMILES string of the molecule is CN(C)CC1=CC=CC(CN(C)C)C1(O)CN(C)C. The zero-order valence-corrected chi connectivity index (χ0v) is 13.2. The first-order chi connectivity index (χ1) is 8.75. The number of allylic oxidation sites excluding steroid dienone is 2. The molecule has 1 aliphatic carbocycles. The maximum absolute atomic E-state index is 11.2. The second-order valence-corrected chi connectivity index (χ2v) is 6.35. The summed E-state index contributed by atoms with van der Waals surface area (Å²) in [5.41, 5.74) is 0.313. The van der Waals surface area contributed by atoms with E-state index in [1.54, 1.807) is 0 Å². The van der Waals surface area contributed by atoms with E-state index in [0.29, 0.717) is 6.54 Å². The van der Waals surface area contributed by atoms with Crippen molar-refractivity contribution in [1.29, 1.82) is 0 Å². The van der Waals surface area contributed by atoms with Crippen LogP contribution in [0.5, 0.6) is 0 Å². The summed E-state index contributed by atoms with van der Waals surface area (Å²) < 4.78 is 0. The molecule has 19 heavy (non-hydrogen) atoms. The topological polar surface area (TPSA) is 30.0 Å². The lowest BCUT2D eigenvalue weighted by Gasteiger charge is -2.42. The van der Waals surface area contributed by atoms with Crippen LogP contribution in [-0.2, 0) is 0 Å². The molecule has 0 aromatic rings. The van der Waals surface area contributed by atoms with E-state index in [1.165, 1.54) is 0 Å². The lowest BCUT2D eigenvalue weighted by molar-refractivity contribution is -0.00123. The highest BCUT2D eigenvalue weighted by molar-refractivity contribution is 5.32. The molecule has 0 aromatic carbocycles. The fourth-order valence-electron chi connectivity index (χ4n) is 2.68. The lowest BCUT2D eigenvalue weighted by atomic mass is 9.76. The number of hydrogen-bond donors (Lipinski definition) is 1. The molecule has 0 aromatic heterocycles. The minimum atomic E-state index is -0.785. The van der Waals surface area contributed by atoms with Gasteiger partial charge in [-0.3, -0.25) is 0 Å². The van der Waals surface area contributed by atoms with Gasteiger partial charge in [0.2, 0.25) is 0 Å². The quantitative estimate of drug-likeness (QED) is 0.760. The summed E-state index contributed by atoms with van der Waals surface area (Å²) in [6.45, 7) is 2.29. The third-order valence-electron chi connectivity index (χ3n) is 3.42. The number of nitrogens with zero attached hydrogens (tertiary/aromatic N) is 3. The Bertz CT molecular complexity index is 347. The molecule has 0 fully saturated rings. The molecule has 1 rings (SSSR count). The summed E-state index contributed by atoms with van der Waals surface area (Å²) in [4.78, 5) is 6.30.